The number of carbonyl (C=O) groups is 1. The molecule has 2 N–H and O–H groups in total. The number of sulfonamides is 1. The van der Waals surface area contributed by atoms with Gasteiger partial charge in [0.25, 0.3) is 0 Å². The number of hydrogen-bond donors (Lipinski definition) is 2. The molecule has 128 valence electrons. The Balaban J connectivity index is 2.05. The normalized spacial score (nSPS) is 17.5. The van der Waals surface area contributed by atoms with Crippen LogP contribution in [0, 0.1) is 0 Å². The Kier molecular flexibility index (Phi) is 5.97. The highest BCUT2D eigenvalue weighted by Gasteiger charge is 2.26. The number of rotatable bonds is 6. The van der Waals surface area contributed by atoms with Crippen molar-refractivity contribution in [2.45, 2.75) is 24.8 Å². The van der Waals surface area contributed by atoms with E-state index in [1.54, 1.807) is 31.2 Å². The fourth-order valence-electron chi connectivity index (χ4n) is 2.30. The standard InChI is InChI=1S/C15H23N3O4S/c1-3-16-15(19)12(2)17-13-4-6-14(7-5-13)23(20,21)18-8-10-22-11-9-18/h4-7,12,17H,3,8-11H2,1-2H3,(H,16,19). The third-order valence-electron chi connectivity index (χ3n) is 3.59. The van der Waals surface area contributed by atoms with Crippen molar-refractivity contribution in [2.24, 2.45) is 0 Å². The Morgan fingerprint density at radius 3 is 2.43 bits per heavy atom. The van der Waals surface area contributed by atoms with E-state index in [9.17, 15) is 13.2 Å². The summed E-state index contributed by atoms with van der Waals surface area (Å²) in [4.78, 5) is 11.9. The lowest BCUT2D eigenvalue weighted by Gasteiger charge is -2.26. The maximum absolute atomic E-state index is 12.5. The number of nitrogens with one attached hydrogen (secondary N) is 2. The number of nitrogens with zero attached hydrogens (tertiary/aromatic N) is 1. The topological polar surface area (TPSA) is 87.7 Å². The third kappa shape index (κ3) is 4.43. The smallest absolute Gasteiger partial charge is 0.243 e. The SMILES string of the molecule is CCNC(=O)C(C)Nc1ccc(S(=O)(=O)N2CCOCC2)cc1. The monoisotopic (exact) mass is 341 g/mol. The molecule has 0 aromatic heterocycles. The molecule has 23 heavy (non-hydrogen) atoms. The first-order valence-corrected chi connectivity index (χ1v) is 9.11. The lowest BCUT2D eigenvalue weighted by molar-refractivity contribution is -0.121. The van der Waals surface area contributed by atoms with Crippen LogP contribution in [0.3, 0.4) is 0 Å². The number of benzene rings is 1. The Bertz CT molecular complexity index is 625. The number of carbonyl (C=O) groups excluding carboxylic acids is 1. The molecule has 1 unspecified atom stereocenters. The van der Waals surface area contributed by atoms with Crippen LogP contribution in [0.4, 0.5) is 5.69 Å². The molecule has 0 spiro atoms. The maximum atomic E-state index is 12.5. The molecule has 0 aliphatic carbocycles. The summed E-state index contributed by atoms with van der Waals surface area (Å²) in [7, 11) is -3.49. The van der Waals surface area contributed by atoms with Crippen LogP contribution in [0.15, 0.2) is 29.2 Å². The summed E-state index contributed by atoms with van der Waals surface area (Å²) in [5.74, 6) is -0.0995. The summed E-state index contributed by atoms with van der Waals surface area (Å²) >= 11 is 0. The third-order valence-corrected chi connectivity index (χ3v) is 5.50. The van der Waals surface area contributed by atoms with Crippen molar-refractivity contribution < 1.29 is 17.9 Å². The van der Waals surface area contributed by atoms with Crippen LogP contribution >= 0.6 is 0 Å². The molecule has 1 fully saturated rings. The molecule has 8 heteroatoms. The van der Waals surface area contributed by atoms with E-state index in [1.165, 1.54) is 4.31 Å². The second kappa shape index (κ2) is 7.76. The highest BCUT2D eigenvalue weighted by atomic mass is 32.2. The van der Waals surface area contributed by atoms with Crippen molar-refractivity contribution in [1.82, 2.24) is 9.62 Å². The number of likely N-dealkylation sites (N-methyl/N-ethyl adjacent to an activating group) is 1. The molecule has 1 aliphatic rings. The zero-order valence-corrected chi connectivity index (χ0v) is 14.2. The van der Waals surface area contributed by atoms with Crippen molar-refractivity contribution in [3.8, 4) is 0 Å². The molecule has 1 aliphatic heterocycles. The molecule has 1 saturated heterocycles. The van der Waals surface area contributed by atoms with Crippen LogP contribution in [-0.4, -0.2) is 57.5 Å². The highest BCUT2D eigenvalue weighted by Crippen LogP contribution is 2.19. The Morgan fingerprint density at radius 1 is 1.26 bits per heavy atom. The molecule has 1 aromatic rings. The van der Waals surface area contributed by atoms with Gasteiger partial charge in [-0.3, -0.25) is 4.79 Å². The number of ether oxygens (including phenoxy) is 1. The van der Waals surface area contributed by atoms with Crippen LogP contribution in [0.5, 0.6) is 0 Å². The minimum atomic E-state index is -3.49. The summed E-state index contributed by atoms with van der Waals surface area (Å²) in [6.07, 6.45) is 0. The van der Waals surface area contributed by atoms with Gasteiger partial charge in [0.05, 0.1) is 18.1 Å². The first-order valence-electron chi connectivity index (χ1n) is 7.67. The van der Waals surface area contributed by atoms with E-state index < -0.39 is 16.1 Å². The number of hydrogen-bond acceptors (Lipinski definition) is 5. The molecular formula is C15H23N3O4S. The van der Waals surface area contributed by atoms with Gasteiger partial charge in [-0.05, 0) is 38.1 Å². The first-order chi connectivity index (χ1) is 10.9. The molecule has 0 saturated carbocycles. The van der Waals surface area contributed by atoms with Crippen molar-refractivity contribution in [1.29, 1.82) is 0 Å². The number of amides is 1. The summed E-state index contributed by atoms with van der Waals surface area (Å²) in [5.41, 5.74) is 0.699. The lowest BCUT2D eigenvalue weighted by Crippen LogP contribution is -2.40. The van der Waals surface area contributed by atoms with Crippen LogP contribution in [-0.2, 0) is 19.6 Å². The van der Waals surface area contributed by atoms with Crippen molar-refractivity contribution in [2.75, 3.05) is 38.2 Å². The van der Waals surface area contributed by atoms with Crippen molar-refractivity contribution in [3.63, 3.8) is 0 Å². The molecule has 0 radical (unpaired) electrons. The van der Waals surface area contributed by atoms with Gasteiger partial charge in [0.2, 0.25) is 15.9 Å². The summed E-state index contributed by atoms with van der Waals surface area (Å²) in [6.45, 7) is 5.76. The minimum Gasteiger partial charge on any atom is -0.379 e. The summed E-state index contributed by atoms with van der Waals surface area (Å²) < 4.78 is 31.6. The van der Waals surface area contributed by atoms with Gasteiger partial charge in [-0.2, -0.15) is 4.31 Å². The van der Waals surface area contributed by atoms with Gasteiger partial charge >= 0.3 is 0 Å². The molecule has 1 atom stereocenters. The highest BCUT2D eigenvalue weighted by molar-refractivity contribution is 7.89. The first kappa shape index (κ1) is 17.7. The molecular weight excluding hydrogens is 318 g/mol. The zero-order chi connectivity index (χ0) is 16.9. The van der Waals surface area contributed by atoms with Gasteiger partial charge in [-0.1, -0.05) is 0 Å². The van der Waals surface area contributed by atoms with Crippen molar-refractivity contribution >= 4 is 21.6 Å². The molecule has 1 heterocycles. The van der Waals surface area contributed by atoms with Gasteiger partial charge in [-0.25, -0.2) is 8.42 Å². The van der Waals surface area contributed by atoms with Gasteiger partial charge < -0.3 is 15.4 Å². The van der Waals surface area contributed by atoms with Gasteiger partial charge in [0.15, 0.2) is 0 Å². The lowest BCUT2D eigenvalue weighted by atomic mass is 10.2. The average Bonchev–Trinajstić information content (AvgIpc) is 2.56. The maximum Gasteiger partial charge on any atom is 0.243 e. The Hall–Kier alpha value is -1.64. The summed E-state index contributed by atoms with van der Waals surface area (Å²) in [6, 6.07) is 6.05. The quantitative estimate of drug-likeness (QED) is 0.793. The predicted molar refractivity (Wildman–Crippen MR) is 87.8 cm³/mol. The van der Waals surface area contributed by atoms with E-state index in [1.807, 2.05) is 6.92 Å². The van der Waals surface area contributed by atoms with Crippen LogP contribution in [0.25, 0.3) is 0 Å². The molecule has 7 nitrogen and oxygen atoms in total. The zero-order valence-electron chi connectivity index (χ0n) is 13.4. The van der Waals surface area contributed by atoms with Crippen LogP contribution in [0.1, 0.15) is 13.8 Å². The van der Waals surface area contributed by atoms with Crippen LogP contribution in [0.2, 0.25) is 0 Å². The minimum absolute atomic E-state index is 0.0995. The Labute approximate surface area is 137 Å². The van der Waals surface area contributed by atoms with E-state index in [2.05, 4.69) is 10.6 Å². The predicted octanol–water partition coefficient (Wildman–Crippen LogP) is 0.644. The van der Waals surface area contributed by atoms with E-state index in [4.69, 9.17) is 4.74 Å². The van der Waals surface area contributed by atoms with E-state index in [-0.39, 0.29) is 10.8 Å². The second-order valence-corrected chi connectivity index (χ2v) is 7.24. The summed E-state index contributed by atoms with van der Waals surface area (Å²) in [5, 5.41) is 5.77. The van der Waals surface area contributed by atoms with E-state index in [0.717, 1.165) is 0 Å². The van der Waals surface area contributed by atoms with Crippen molar-refractivity contribution in [3.05, 3.63) is 24.3 Å². The van der Waals surface area contributed by atoms with E-state index in [0.29, 0.717) is 38.5 Å². The average molecular weight is 341 g/mol. The largest absolute Gasteiger partial charge is 0.379 e. The molecule has 1 aromatic carbocycles. The molecule has 2 rings (SSSR count). The number of anilines is 1. The number of morpholine rings is 1. The molecule has 1 amide bonds. The van der Waals surface area contributed by atoms with Crippen LogP contribution < -0.4 is 10.6 Å². The van der Waals surface area contributed by atoms with Gasteiger partial charge in [-0.15, -0.1) is 0 Å². The van der Waals surface area contributed by atoms with Gasteiger partial charge in [0, 0.05) is 25.3 Å². The van der Waals surface area contributed by atoms with Gasteiger partial charge in [0.1, 0.15) is 6.04 Å². The fraction of sp³-hybridized carbons (Fsp3) is 0.533. The fourth-order valence-corrected chi connectivity index (χ4v) is 3.71. The molecule has 0 bridgehead atoms. The second-order valence-electron chi connectivity index (χ2n) is 5.30. The van der Waals surface area contributed by atoms with E-state index >= 15 is 0 Å². The Morgan fingerprint density at radius 2 is 1.87 bits per heavy atom.